The molecule has 20 heavy (non-hydrogen) atoms. The first-order valence-electron chi connectivity index (χ1n) is 5.94. The normalized spacial score (nSPS) is 22.3. The van der Waals surface area contributed by atoms with E-state index in [4.69, 9.17) is 4.74 Å². The van der Waals surface area contributed by atoms with Gasteiger partial charge < -0.3 is 10.1 Å². The number of carbonyl (C=O) groups is 2. The number of urea groups is 1. The molecule has 1 heterocycles. The summed E-state index contributed by atoms with van der Waals surface area (Å²) < 4.78 is 19.3. The molecule has 1 atom stereocenters. The molecule has 1 aromatic carbocycles. The minimum atomic E-state index is -1.10. The molecule has 1 saturated heterocycles. The van der Waals surface area contributed by atoms with E-state index in [1.54, 1.807) is 13.0 Å². The lowest BCUT2D eigenvalue weighted by Crippen LogP contribution is -2.47. The fraction of sp³-hybridized carbons (Fsp3) is 0.385. The Morgan fingerprint density at radius 3 is 2.75 bits per heavy atom. The predicted molar refractivity (Wildman–Crippen MR) is 73.5 cm³/mol. The number of ether oxygens (including phenoxy) is 1. The molecule has 0 radical (unpaired) electrons. The van der Waals surface area contributed by atoms with Crippen molar-refractivity contribution in [2.45, 2.75) is 19.0 Å². The van der Waals surface area contributed by atoms with Crippen LogP contribution in [-0.2, 0) is 16.1 Å². The van der Waals surface area contributed by atoms with Gasteiger partial charge in [-0.15, -0.1) is 0 Å². The zero-order chi connectivity index (χ0) is 14.9. The molecule has 1 fully saturated rings. The maximum atomic E-state index is 13.8. The van der Waals surface area contributed by atoms with Crippen molar-refractivity contribution in [3.05, 3.63) is 34.1 Å². The van der Waals surface area contributed by atoms with Crippen LogP contribution in [0.2, 0.25) is 0 Å². The number of carbonyl (C=O) groups excluding carboxylic acids is 2. The summed E-state index contributed by atoms with van der Waals surface area (Å²) in [5.41, 5.74) is -0.823. The van der Waals surface area contributed by atoms with E-state index >= 15 is 0 Å². The lowest BCUT2D eigenvalue weighted by atomic mass is 10.0. The van der Waals surface area contributed by atoms with E-state index in [1.807, 2.05) is 0 Å². The number of nitrogens with one attached hydrogen (secondary N) is 1. The molecule has 1 aliphatic rings. The number of imide groups is 1. The van der Waals surface area contributed by atoms with Crippen molar-refractivity contribution in [3.63, 3.8) is 0 Å². The van der Waals surface area contributed by atoms with Gasteiger partial charge in [0.2, 0.25) is 0 Å². The summed E-state index contributed by atoms with van der Waals surface area (Å²) >= 11 is 3.15. The van der Waals surface area contributed by atoms with Gasteiger partial charge in [0.25, 0.3) is 5.91 Å². The fourth-order valence-electron chi connectivity index (χ4n) is 2.10. The van der Waals surface area contributed by atoms with E-state index in [0.717, 1.165) is 4.90 Å². The van der Waals surface area contributed by atoms with Crippen LogP contribution in [0, 0.1) is 5.82 Å². The largest absolute Gasteiger partial charge is 0.382 e. The summed E-state index contributed by atoms with van der Waals surface area (Å²) in [7, 11) is 1.45. The quantitative estimate of drug-likeness (QED) is 0.850. The minimum absolute atomic E-state index is 0.0664. The van der Waals surface area contributed by atoms with Crippen molar-refractivity contribution >= 4 is 27.9 Å². The number of methoxy groups -OCH3 is 1. The molecule has 0 spiro atoms. The highest BCUT2D eigenvalue weighted by atomic mass is 79.9. The van der Waals surface area contributed by atoms with Crippen molar-refractivity contribution in [1.29, 1.82) is 0 Å². The molecule has 7 heteroatoms. The molecule has 1 aromatic rings. The Kier molecular flexibility index (Phi) is 4.10. The summed E-state index contributed by atoms with van der Waals surface area (Å²) in [5.74, 6) is -0.896. The SMILES string of the molecule is COC[C@]1(C)NC(=O)N(Cc2ccc(Br)cc2F)C1=O. The van der Waals surface area contributed by atoms with E-state index < -0.39 is 23.3 Å². The van der Waals surface area contributed by atoms with Crippen LogP contribution >= 0.6 is 15.9 Å². The van der Waals surface area contributed by atoms with E-state index in [-0.39, 0.29) is 18.7 Å². The molecule has 1 aliphatic heterocycles. The number of hydrogen-bond acceptors (Lipinski definition) is 3. The van der Waals surface area contributed by atoms with Crippen LogP contribution < -0.4 is 5.32 Å². The Labute approximate surface area is 124 Å². The molecular formula is C13H14BrFN2O3. The average Bonchev–Trinajstić information content (AvgIpc) is 2.56. The summed E-state index contributed by atoms with van der Waals surface area (Å²) in [6, 6.07) is 3.94. The van der Waals surface area contributed by atoms with Crippen LogP contribution in [0.4, 0.5) is 9.18 Å². The van der Waals surface area contributed by atoms with Gasteiger partial charge in [-0.3, -0.25) is 9.69 Å². The summed E-state index contributed by atoms with van der Waals surface area (Å²) in [4.78, 5) is 25.1. The number of amides is 3. The van der Waals surface area contributed by atoms with Crippen molar-refractivity contribution < 1.29 is 18.7 Å². The predicted octanol–water partition coefficient (Wildman–Crippen LogP) is 2.05. The Morgan fingerprint density at radius 1 is 1.45 bits per heavy atom. The van der Waals surface area contributed by atoms with Crippen LogP contribution in [0.3, 0.4) is 0 Å². The van der Waals surface area contributed by atoms with Crippen LogP contribution in [0.5, 0.6) is 0 Å². The zero-order valence-corrected chi connectivity index (χ0v) is 12.7. The highest BCUT2D eigenvalue weighted by molar-refractivity contribution is 9.10. The zero-order valence-electron chi connectivity index (χ0n) is 11.1. The van der Waals surface area contributed by atoms with Gasteiger partial charge in [0.05, 0.1) is 13.2 Å². The van der Waals surface area contributed by atoms with E-state index in [9.17, 15) is 14.0 Å². The van der Waals surface area contributed by atoms with Gasteiger partial charge in [-0.2, -0.15) is 0 Å². The molecule has 1 N–H and O–H groups in total. The Hall–Kier alpha value is -1.47. The number of halogens is 2. The fourth-order valence-corrected chi connectivity index (χ4v) is 2.43. The molecule has 3 amide bonds. The summed E-state index contributed by atoms with van der Waals surface area (Å²) in [6.45, 7) is 1.54. The first-order chi connectivity index (χ1) is 9.37. The lowest BCUT2D eigenvalue weighted by molar-refractivity contribution is -0.132. The Morgan fingerprint density at radius 2 is 2.15 bits per heavy atom. The van der Waals surface area contributed by atoms with E-state index in [0.29, 0.717) is 4.47 Å². The second-order valence-electron chi connectivity index (χ2n) is 4.82. The van der Waals surface area contributed by atoms with Crippen molar-refractivity contribution in [2.24, 2.45) is 0 Å². The molecule has 2 rings (SSSR count). The minimum Gasteiger partial charge on any atom is -0.382 e. The molecule has 0 bridgehead atoms. The Bertz CT molecular complexity index is 567. The maximum Gasteiger partial charge on any atom is 0.325 e. The molecule has 0 aromatic heterocycles. The highest BCUT2D eigenvalue weighted by Crippen LogP contribution is 2.22. The van der Waals surface area contributed by atoms with E-state index in [2.05, 4.69) is 21.2 Å². The van der Waals surface area contributed by atoms with Crippen LogP contribution in [0.15, 0.2) is 22.7 Å². The van der Waals surface area contributed by atoms with Gasteiger partial charge >= 0.3 is 6.03 Å². The van der Waals surface area contributed by atoms with Gasteiger partial charge in [0.15, 0.2) is 0 Å². The maximum absolute atomic E-state index is 13.8. The molecule has 108 valence electrons. The van der Waals surface area contributed by atoms with E-state index in [1.165, 1.54) is 19.2 Å². The number of rotatable bonds is 4. The second kappa shape index (κ2) is 5.49. The van der Waals surface area contributed by atoms with Crippen LogP contribution in [0.25, 0.3) is 0 Å². The number of hydrogen-bond donors (Lipinski definition) is 1. The van der Waals surface area contributed by atoms with Gasteiger partial charge in [-0.1, -0.05) is 22.0 Å². The van der Waals surface area contributed by atoms with Crippen molar-refractivity contribution in [3.8, 4) is 0 Å². The topological polar surface area (TPSA) is 58.6 Å². The van der Waals surface area contributed by atoms with Gasteiger partial charge in [0, 0.05) is 17.1 Å². The molecule has 0 aliphatic carbocycles. The highest BCUT2D eigenvalue weighted by Gasteiger charge is 2.47. The first kappa shape index (κ1) is 14.9. The molecular weight excluding hydrogens is 331 g/mol. The van der Waals surface area contributed by atoms with Gasteiger partial charge in [0.1, 0.15) is 11.4 Å². The monoisotopic (exact) mass is 344 g/mol. The smallest absolute Gasteiger partial charge is 0.325 e. The van der Waals surface area contributed by atoms with Crippen molar-refractivity contribution in [1.82, 2.24) is 10.2 Å². The van der Waals surface area contributed by atoms with Crippen LogP contribution in [0.1, 0.15) is 12.5 Å². The van der Waals surface area contributed by atoms with Gasteiger partial charge in [-0.05, 0) is 19.1 Å². The second-order valence-corrected chi connectivity index (χ2v) is 5.74. The molecule has 0 unspecified atom stereocenters. The first-order valence-corrected chi connectivity index (χ1v) is 6.73. The third kappa shape index (κ3) is 2.69. The third-order valence-electron chi connectivity index (χ3n) is 3.12. The van der Waals surface area contributed by atoms with Crippen molar-refractivity contribution in [2.75, 3.05) is 13.7 Å². The standard InChI is InChI=1S/C13H14BrFN2O3/c1-13(7-20-2)11(18)17(12(19)16-13)6-8-3-4-9(14)5-10(8)15/h3-5H,6-7H2,1-2H3,(H,16,19)/t13-/m0/s1. The Balaban J connectivity index is 2.21. The lowest BCUT2D eigenvalue weighted by Gasteiger charge is -2.20. The summed E-state index contributed by atoms with van der Waals surface area (Å²) in [6.07, 6.45) is 0. The third-order valence-corrected chi connectivity index (χ3v) is 3.61. The number of nitrogens with zero attached hydrogens (tertiary/aromatic N) is 1. The molecule has 0 saturated carbocycles. The van der Waals surface area contributed by atoms with Crippen LogP contribution in [-0.4, -0.2) is 36.1 Å². The molecule has 5 nitrogen and oxygen atoms in total. The summed E-state index contributed by atoms with van der Waals surface area (Å²) in [5, 5.41) is 2.56. The number of benzene rings is 1. The average molecular weight is 345 g/mol. The van der Waals surface area contributed by atoms with Gasteiger partial charge in [-0.25, -0.2) is 9.18 Å².